The van der Waals surface area contributed by atoms with Crippen LogP contribution in [-0.4, -0.2) is 31.6 Å². The van der Waals surface area contributed by atoms with Gasteiger partial charge in [0.1, 0.15) is 5.75 Å². The minimum absolute atomic E-state index is 0. The van der Waals surface area contributed by atoms with Crippen molar-refractivity contribution < 1.29 is 4.74 Å². The summed E-state index contributed by atoms with van der Waals surface area (Å²) in [7, 11) is 3.46. The highest BCUT2D eigenvalue weighted by Gasteiger charge is 2.04. The first-order chi connectivity index (χ1) is 11.3. The number of hydrogen-bond acceptors (Lipinski definition) is 4. The molecule has 1 aromatic heterocycles. The fourth-order valence-electron chi connectivity index (χ4n) is 2.16. The van der Waals surface area contributed by atoms with E-state index in [1.807, 2.05) is 30.5 Å². The lowest BCUT2D eigenvalue weighted by Crippen LogP contribution is -2.37. The lowest BCUT2D eigenvalue weighted by molar-refractivity contribution is 0.409. The van der Waals surface area contributed by atoms with Gasteiger partial charge in [0, 0.05) is 43.2 Å². The second kappa shape index (κ2) is 11.2. The number of benzene rings is 1. The standard InChI is InChI=1S/C17H24N4OS.HI/c1-4-14-12-20-16(23-14)9-10-19-17(18-2)21-11-13-7-5-6-8-15(13)22-3;/h5-8,12H,4,9-11H2,1-3H3,(H2,18,19,21);1H. The summed E-state index contributed by atoms with van der Waals surface area (Å²) in [5, 5.41) is 7.78. The number of aromatic nitrogens is 1. The maximum Gasteiger partial charge on any atom is 0.191 e. The van der Waals surface area contributed by atoms with Gasteiger partial charge < -0.3 is 15.4 Å². The Morgan fingerprint density at radius 3 is 2.75 bits per heavy atom. The summed E-state index contributed by atoms with van der Waals surface area (Å²) in [6, 6.07) is 7.97. The van der Waals surface area contributed by atoms with Crippen LogP contribution in [0.3, 0.4) is 0 Å². The van der Waals surface area contributed by atoms with Gasteiger partial charge in [0.15, 0.2) is 5.96 Å². The first-order valence-corrected chi connectivity index (χ1v) is 8.58. The molecule has 0 unspecified atom stereocenters. The first kappa shape index (κ1) is 20.7. The third kappa shape index (κ3) is 6.27. The van der Waals surface area contributed by atoms with E-state index in [4.69, 9.17) is 4.74 Å². The normalized spacial score (nSPS) is 10.9. The molecule has 2 aromatic rings. The van der Waals surface area contributed by atoms with Crippen molar-refractivity contribution in [1.29, 1.82) is 0 Å². The van der Waals surface area contributed by atoms with E-state index in [1.54, 1.807) is 25.5 Å². The van der Waals surface area contributed by atoms with Crippen molar-refractivity contribution in [3.05, 3.63) is 45.9 Å². The molecule has 132 valence electrons. The van der Waals surface area contributed by atoms with Gasteiger partial charge in [0.2, 0.25) is 0 Å². The predicted octanol–water partition coefficient (Wildman–Crippen LogP) is 3.24. The minimum Gasteiger partial charge on any atom is -0.496 e. The lowest BCUT2D eigenvalue weighted by atomic mass is 10.2. The molecule has 24 heavy (non-hydrogen) atoms. The number of hydrogen-bond donors (Lipinski definition) is 2. The summed E-state index contributed by atoms with van der Waals surface area (Å²) < 4.78 is 5.36. The molecule has 0 amide bonds. The van der Waals surface area contributed by atoms with E-state index in [0.717, 1.165) is 41.7 Å². The van der Waals surface area contributed by atoms with Crippen LogP contribution < -0.4 is 15.4 Å². The average molecular weight is 460 g/mol. The van der Waals surface area contributed by atoms with Crippen LogP contribution in [-0.2, 0) is 19.4 Å². The van der Waals surface area contributed by atoms with Crippen LogP contribution in [0.4, 0.5) is 0 Å². The number of ether oxygens (including phenoxy) is 1. The average Bonchev–Trinajstić information content (AvgIpc) is 3.06. The molecular weight excluding hydrogens is 435 g/mol. The SMILES string of the molecule is CCc1cnc(CCNC(=NC)NCc2ccccc2OC)s1.I. The molecule has 0 radical (unpaired) electrons. The van der Waals surface area contributed by atoms with Crippen LogP contribution in [0.15, 0.2) is 35.5 Å². The third-order valence-electron chi connectivity index (χ3n) is 3.44. The summed E-state index contributed by atoms with van der Waals surface area (Å²) in [4.78, 5) is 10.0. The summed E-state index contributed by atoms with van der Waals surface area (Å²) in [6.45, 7) is 3.63. The fraction of sp³-hybridized carbons (Fsp3) is 0.412. The van der Waals surface area contributed by atoms with Crippen molar-refractivity contribution >= 4 is 41.3 Å². The quantitative estimate of drug-likeness (QED) is 0.379. The number of aryl methyl sites for hydroxylation is 1. The minimum atomic E-state index is 0. The number of nitrogens with zero attached hydrogens (tertiary/aromatic N) is 2. The highest BCUT2D eigenvalue weighted by Crippen LogP contribution is 2.16. The Hall–Kier alpha value is -1.35. The molecular formula is C17H25IN4OS. The molecule has 0 saturated heterocycles. The molecule has 0 spiro atoms. The Labute approximate surface area is 165 Å². The summed E-state index contributed by atoms with van der Waals surface area (Å²) >= 11 is 1.78. The monoisotopic (exact) mass is 460 g/mol. The highest BCUT2D eigenvalue weighted by atomic mass is 127. The zero-order valence-corrected chi connectivity index (χ0v) is 17.5. The predicted molar refractivity (Wildman–Crippen MR) is 112 cm³/mol. The van der Waals surface area contributed by atoms with Crippen LogP contribution in [0.25, 0.3) is 0 Å². The van der Waals surface area contributed by atoms with E-state index in [0.29, 0.717) is 6.54 Å². The van der Waals surface area contributed by atoms with E-state index in [1.165, 1.54) is 4.88 Å². The number of halogens is 1. The molecule has 0 aliphatic rings. The van der Waals surface area contributed by atoms with E-state index in [2.05, 4.69) is 27.5 Å². The molecule has 0 saturated carbocycles. The number of nitrogens with one attached hydrogen (secondary N) is 2. The highest BCUT2D eigenvalue weighted by molar-refractivity contribution is 14.0. The van der Waals surface area contributed by atoms with Crippen molar-refractivity contribution in [1.82, 2.24) is 15.6 Å². The maximum absolute atomic E-state index is 5.36. The van der Waals surface area contributed by atoms with E-state index < -0.39 is 0 Å². The van der Waals surface area contributed by atoms with Gasteiger partial charge in [0.05, 0.1) is 12.1 Å². The smallest absolute Gasteiger partial charge is 0.191 e. The number of guanidine groups is 1. The van der Waals surface area contributed by atoms with Crippen molar-refractivity contribution in [2.24, 2.45) is 4.99 Å². The van der Waals surface area contributed by atoms with Gasteiger partial charge in [-0.1, -0.05) is 25.1 Å². The van der Waals surface area contributed by atoms with Crippen LogP contribution in [0.5, 0.6) is 5.75 Å². The van der Waals surface area contributed by atoms with Crippen molar-refractivity contribution in [2.45, 2.75) is 26.3 Å². The van der Waals surface area contributed by atoms with E-state index in [9.17, 15) is 0 Å². The maximum atomic E-state index is 5.36. The van der Waals surface area contributed by atoms with Crippen LogP contribution in [0.1, 0.15) is 22.4 Å². The first-order valence-electron chi connectivity index (χ1n) is 7.76. The molecule has 0 fully saturated rings. The Balaban J connectivity index is 0.00000288. The fourth-order valence-corrected chi connectivity index (χ4v) is 3.03. The zero-order chi connectivity index (χ0) is 16.5. The van der Waals surface area contributed by atoms with Gasteiger partial charge in [-0.3, -0.25) is 4.99 Å². The van der Waals surface area contributed by atoms with Gasteiger partial charge >= 0.3 is 0 Å². The van der Waals surface area contributed by atoms with Gasteiger partial charge in [0.25, 0.3) is 0 Å². The van der Waals surface area contributed by atoms with Gasteiger partial charge in [-0.2, -0.15) is 0 Å². The number of methoxy groups -OCH3 is 1. The molecule has 0 bridgehead atoms. The third-order valence-corrected chi connectivity index (χ3v) is 4.65. The second-order valence-electron chi connectivity index (χ2n) is 4.99. The Morgan fingerprint density at radius 2 is 2.08 bits per heavy atom. The Morgan fingerprint density at radius 1 is 1.29 bits per heavy atom. The summed E-state index contributed by atoms with van der Waals surface area (Å²) in [5.74, 6) is 1.66. The zero-order valence-electron chi connectivity index (χ0n) is 14.3. The number of aliphatic imine (C=N–C) groups is 1. The second-order valence-corrected chi connectivity index (χ2v) is 6.19. The topological polar surface area (TPSA) is 58.5 Å². The van der Waals surface area contributed by atoms with Crippen LogP contribution in [0.2, 0.25) is 0 Å². The molecule has 0 atom stereocenters. The van der Waals surface area contributed by atoms with Gasteiger partial charge in [-0.15, -0.1) is 35.3 Å². The molecule has 1 aromatic carbocycles. The van der Waals surface area contributed by atoms with Crippen molar-refractivity contribution in [3.63, 3.8) is 0 Å². The molecule has 0 aliphatic heterocycles. The van der Waals surface area contributed by atoms with Crippen molar-refractivity contribution in [3.8, 4) is 5.75 Å². The van der Waals surface area contributed by atoms with Crippen LogP contribution in [0, 0.1) is 0 Å². The van der Waals surface area contributed by atoms with E-state index >= 15 is 0 Å². The van der Waals surface area contributed by atoms with Gasteiger partial charge in [-0.25, -0.2) is 4.98 Å². The molecule has 2 N–H and O–H groups in total. The Kier molecular flexibility index (Phi) is 9.70. The van der Waals surface area contributed by atoms with Crippen LogP contribution >= 0.6 is 35.3 Å². The number of rotatable bonds is 7. The number of para-hydroxylation sites is 1. The summed E-state index contributed by atoms with van der Waals surface area (Å²) in [6.07, 6.45) is 3.92. The molecule has 1 heterocycles. The number of thiazole rings is 1. The summed E-state index contributed by atoms with van der Waals surface area (Å²) in [5.41, 5.74) is 1.10. The van der Waals surface area contributed by atoms with E-state index in [-0.39, 0.29) is 24.0 Å². The molecule has 7 heteroatoms. The Bertz CT molecular complexity index is 645. The molecule has 0 aliphatic carbocycles. The van der Waals surface area contributed by atoms with Gasteiger partial charge in [-0.05, 0) is 12.5 Å². The molecule has 2 rings (SSSR count). The molecule has 5 nitrogen and oxygen atoms in total. The lowest BCUT2D eigenvalue weighted by Gasteiger charge is -2.13. The largest absolute Gasteiger partial charge is 0.496 e. The van der Waals surface area contributed by atoms with Crippen molar-refractivity contribution in [2.75, 3.05) is 20.7 Å².